The molecule has 1 atom stereocenters. The van der Waals surface area contributed by atoms with Gasteiger partial charge in [0.25, 0.3) is 0 Å². The van der Waals surface area contributed by atoms with E-state index in [0.717, 1.165) is 5.56 Å². The van der Waals surface area contributed by atoms with Crippen molar-refractivity contribution in [2.75, 3.05) is 5.32 Å². The van der Waals surface area contributed by atoms with Crippen LogP contribution in [0.4, 0.5) is 5.69 Å². The third-order valence-corrected chi connectivity index (χ3v) is 2.41. The van der Waals surface area contributed by atoms with Crippen LogP contribution in [0.15, 0.2) is 41.3 Å². The standard InChI is InChI=1S/C12H11ClN2O2/c1-8(13)12(16)15-10-4-2-3-9(5-10)11-6-14-7-17-11/h2-8H,1H3,(H,15,16). The number of nitrogens with one attached hydrogen (secondary N) is 1. The molecule has 2 aromatic rings. The highest BCUT2D eigenvalue weighted by molar-refractivity contribution is 6.32. The van der Waals surface area contributed by atoms with E-state index in [1.165, 1.54) is 6.39 Å². The fourth-order valence-electron chi connectivity index (χ4n) is 1.35. The van der Waals surface area contributed by atoms with Crippen molar-refractivity contribution in [1.82, 2.24) is 4.98 Å². The number of rotatable bonds is 3. The summed E-state index contributed by atoms with van der Waals surface area (Å²) >= 11 is 5.68. The summed E-state index contributed by atoms with van der Waals surface area (Å²) in [7, 11) is 0. The summed E-state index contributed by atoms with van der Waals surface area (Å²) in [6.45, 7) is 1.62. The van der Waals surface area contributed by atoms with Crippen LogP contribution in [0.25, 0.3) is 11.3 Å². The number of amides is 1. The number of aromatic nitrogens is 1. The summed E-state index contributed by atoms with van der Waals surface area (Å²) in [6, 6.07) is 7.29. The van der Waals surface area contributed by atoms with Crippen LogP contribution in [0.3, 0.4) is 0 Å². The number of alkyl halides is 1. The molecule has 17 heavy (non-hydrogen) atoms. The molecular weight excluding hydrogens is 240 g/mol. The number of carbonyl (C=O) groups excluding carboxylic acids is 1. The Bertz CT molecular complexity index is 509. The van der Waals surface area contributed by atoms with Crippen LogP contribution in [0, 0.1) is 0 Å². The maximum Gasteiger partial charge on any atom is 0.242 e. The molecule has 0 aliphatic heterocycles. The van der Waals surface area contributed by atoms with Gasteiger partial charge in [-0.3, -0.25) is 4.79 Å². The van der Waals surface area contributed by atoms with Gasteiger partial charge in [0.15, 0.2) is 12.2 Å². The van der Waals surface area contributed by atoms with Crippen molar-refractivity contribution < 1.29 is 9.21 Å². The van der Waals surface area contributed by atoms with Crippen LogP contribution < -0.4 is 5.32 Å². The van der Waals surface area contributed by atoms with Crippen LogP contribution >= 0.6 is 11.6 Å². The number of oxazole rings is 1. The Labute approximate surface area is 104 Å². The van der Waals surface area contributed by atoms with Crippen molar-refractivity contribution in [2.24, 2.45) is 0 Å². The molecule has 0 spiro atoms. The maximum atomic E-state index is 11.4. The van der Waals surface area contributed by atoms with Crippen molar-refractivity contribution >= 4 is 23.2 Å². The average Bonchev–Trinajstić information content (AvgIpc) is 2.82. The largest absolute Gasteiger partial charge is 0.444 e. The quantitative estimate of drug-likeness (QED) is 0.852. The van der Waals surface area contributed by atoms with Gasteiger partial charge in [-0.05, 0) is 19.1 Å². The van der Waals surface area contributed by atoms with E-state index in [-0.39, 0.29) is 5.91 Å². The minimum absolute atomic E-state index is 0.235. The summed E-state index contributed by atoms with van der Waals surface area (Å²) in [5.74, 6) is 0.418. The molecule has 1 amide bonds. The monoisotopic (exact) mass is 250 g/mol. The molecule has 0 aliphatic rings. The molecule has 0 bridgehead atoms. The van der Waals surface area contributed by atoms with E-state index in [0.29, 0.717) is 11.4 Å². The highest BCUT2D eigenvalue weighted by Gasteiger charge is 2.09. The number of anilines is 1. The molecular formula is C12H11ClN2O2. The minimum Gasteiger partial charge on any atom is -0.444 e. The van der Waals surface area contributed by atoms with Crippen LogP contribution in [-0.4, -0.2) is 16.3 Å². The second-order valence-electron chi connectivity index (χ2n) is 3.55. The highest BCUT2D eigenvalue weighted by atomic mass is 35.5. The molecule has 0 aliphatic carbocycles. The van der Waals surface area contributed by atoms with Gasteiger partial charge in [-0.25, -0.2) is 4.98 Å². The van der Waals surface area contributed by atoms with E-state index in [1.54, 1.807) is 25.3 Å². The Morgan fingerprint density at radius 3 is 3.00 bits per heavy atom. The van der Waals surface area contributed by atoms with Crippen LogP contribution in [0.2, 0.25) is 0 Å². The number of hydrogen-bond donors (Lipinski definition) is 1. The zero-order chi connectivity index (χ0) is 12.3. The second-order valence-corrected chi connectivity index (χ2v) is 4.21. The van der Waals surface area contributed by atoms with E-state index in [2.05, 4.69) is 10.3 Å². The van der Waals surface area contributed by atoms with Crippen molar-refractivity contribution in [3.8, 4) is 11.3 Å². The normalized spacial score (nSPS) is 12.1. The summed E-state index contributed by atoms with van der Waals surface area (Å²) in [5, 5.41) is 2.14. The van der Waals surface area contributed by atoms with Gasteiger partial charge in [0.05, 0.1) is 6.20 Å². The number of hydrogen-bond acceptors (Lipinski definition) is 3. The summed E-state index contributed by atoms with van der Waals surface area (Å²) in [4.78, 5) is 15.3. The Kier molecular flexibility index (Phi) is 3.44. The van der Waals surface area contributed by atoms with Gasteiger partial charge < -0.3 is 9.73 Å². The smallest absolute Gasteiger partial charge is 0.242 e. The van der Waals surface area contributed by atoms with Crippen molar-refractivity contribution in [3.05, 3.63) is 36.9 Å². The van der Waals surface area contributed by atoms with Gasteiger partial charge in [0.1, 0.15) is 5.38 Å². The first-order valence-corrected chi connectivity index (χ1v) is 5.54. The summed E-state index contributed by atoms with van der Waals surface area (Å²) in [5.41, 5.74) is 1.53. The van der Waals surface area contributed by atoms with E-state index in [9.17, 15) is 4.79 Å². The highest BCUT2D eigenvalue weighted by Crippen LogP contribution is 2.22. The molecule has 1 N–H and O–H groups in total. The summed E-state index contributed by atoms with van der Waals surface area (Å²) in [6.07, 6.45) is 2.98. The average molecular weight is 251 g/mol. The van der Waals surface area contributed by atoms with Crippen molar-refractivity contribution in [2.45, 2.75) is 12.3 Å². The molecule has 1 unspecified atom stereocenters. The predicted octanol–water partition coefficient (Wildman–Crippen LogP) is 2.91. The molecule has 1 heterocycles. The van der Waals surface area contributed by atoms with Gasteiger partial charge in [-0.1, -0.05) is 12.1 Å². The maximum absolute atomic E-state index is 11.4. The van der Waals surface area contributed by atoms with Crippen LogP contribution in [0.5, 0.6) is 0 Å². The van der Waals surface area contributed by atoms with E-state index in [4.69, 9.17) is 16.0 Å². The first-order valence-electron chi connectivity index (χ1n) is 5.10. The number of halogens is 1. The molecule has 5 heteroatoms. The lowest BCUT2D eigenvalue weighted by molar-refractivity contribution is -0.115. The zero-order valence-corrected chi connectivity index (χ0v) is 9.94. The Morgan fingerprint density at radius 1 is 1.53 bits per heavy atom. The van der Waals surface area contributed by atoms with E-state index < -0.39 is 5.38 Å². The Balaban J connectivity index is 2.20. The molecule has 0 radical (unpaired) electrons. The third kappa shape index (κ3) is 2.85. The van der Waals surface area contributed by atoms with E-state index >= 15 is 0 Å². The first kappa shape index (κ1) is 11.7. The fourth-order valence-corrected chi connectivity index (χ4v) is 1.40. The Morgan fingerprint density at radius 2 is 2.35 bits per heavy atom. The van der Waals surface area contributed by atoms with Crippen molar-refractivity contribution in [1.29, 1.82) is 0 Å². The Hall–Kier alpha value is -1.81. The molecule has 2 rings (SSSR count). The first-order chi connectivity index (χ1) is 8.16. The third-order valence-electron chi connectivity index (χ3n) is 2.21. The van der Waals surface area contributed by atoms with Crippen LogP contribution in [-0.2, 0) is 4.79 Å². The topological polar surface area (TPSA) is 55.1 Å². The van der Waals surface area contributed by atoms with Crippen molar-refractivity contribution in [3.63, 3.8) is 0 Å². The van der Waals surface area contributed by atoms with Gasteiger partial charge in [0.2, 0.25) is 5.91 Å². The van der Waals surface area contributed by atoms with Crippen LogP contribution in [0.1, 0.15) is 6.92 Å². The molecule has 88 valence electrons. The molecule has 1 aromatic carbocycles. The van der Waals surface area contributed by atoms with Gasteiger partial charge in [-0.2, -0.15) is 0 Å². The second kappa shape index (κ2) is 5.01. The summed E-state index contributed by atoms with van der Waals surface area (Å²) < 4.78 is 5.18. The lowest BCUT2D eigenvalue weighted by Crippen LogP contribution is -2.20. The number of carbonyl (C=O) groups is 1. The molecule has 1 aromatic heterocycles. The molecule has 0 fully saturated rings. The minimum atomic E-state index is -0.566. The number of benzene rings is 1. The van der Waals surface area contributed by atoms with Gasteiger partial charge in [0, 0.05) is 11.3 Å². The fraction of sp³-hybridized carbons (Fsp3) is 0.167. The predicted molar refractivity (Wildman–Crippen MR) is 65.9 cm³/mol. The lowest BCUT2D eigenvalue weighted by Gasteiger charge is -2.07. The SMILES string of the molecule is CC(Cl)C(=O)Nc1cccc(-c2cnco2)c1. The lowest BCUT2D eigenvalue weighted by atomic mass is 10.1. The van der Waals surface area contributed by atoms with Gasteiger partial charge in [-0.15, -0.1) is 11.6 Å². The molecule has 0 saturated heterocycles. The van der Waals surface area contributed by atoms with E-state index in [1.807, 2.05) is 12.1 Å². The zero-order valence-electron chi connectivity index (χ0n) is 9.18. The molecule has 4 nitrogen and oxygen atoms in total. The number of nitrogens with zero attached hydrogens (tertiary/aromatic N) is 1. The van der Waals surface area contributed by atoms with Gasteiger partial charge >= 0.3 is 0 Å². The molecule has 0 saturated carbocycles.